The lowest BCUT2D eigenvalue weighted by Gasteiger charge is -2.34. The number of morpholine rings is 1. The fourth-order valence-electron chi connectivity index (χ4n) is 3.77. The van der Waals surface area contributed by atoms with Crippen LogP contribution in [0.5, 0.6) is 0 Å². The largest absolute Gasteiger partial charge is 0.374 e. The van der Waals surface area contributed by atoms with E-state index in [-0.39, 0.29) is 30.1 Å². The number of halogens is 1. The molecule has 2 rings (SSSR count). The molecule has 0 amide bonds. The standard InChI is InChI=1S/C23H41N5O.HI/c1-6-27(7-2)17-21-11-9-8-10-20(21)14-25-23(24-5)26-15-22-18-28(12-13-29-22)16-19(3)4;/h8-11,19,22H,6-7,12-18H2,1-5H3,(H2,24,25,26);1H. The number of benzene rings is 1. The third-order valence-corrected chi connectivity index (χ3v) is 5.42. The lowest BCUT2D eigenvalue weighted by molar-refractivity contribution is -0.0284. The van der Waals surface area contributed by atoms with E-state index in [1.54, 1.807) is 0 Å². The van der Waals surface area contributed by atoms with E-state index < -0.39 is 0 Å². The molecule has 1 fully saturated rings. The van der Waals surface area contributed by atoms with E-state index in [0.717, 1.165) is 64.9 Å². The quantitative estimate of drug-likeness (QED) is 0.276. The molecule has 2 N–H and O–H groups in total. The lowest BCUT2D eigenvalue weighted by atomic mass is 10.1. The monoisotopic (exact) mass is 531 g/mol. The number of guanidine groups is 1. The lowest BCUT2D eigenvalue weighted by Crippen LogP contribution is -2.50. The van der Waals surface area contributed by atoms with Gasteiger partial charge in [0.1, 0.15) is 0 Å². The Morgan fingerprint density at radius 3 is 2.53 bits per heavy atom. The van der Waals surface area contributed by atoms with Crippen LogP contribution in [0.15, 0.2) is 29.3 Å². The molecule has 0 radical (unpaired) electrons. The SMILES string of the molecule is CCN(CC)Cc1ccccc1CNC(=NC)NCC1CN(CC(C)C)CCO1.I. The molecule has 0 bridgehead atoms. The molecule has 172 valence electrons. The Kier molecular flexibility index (Phi) is 13.6. The predicted octanol–water partition coefficient (Wildman–Crippen LogP) is 3.17. The molecule has 7 heteroatoms. The van der Waals surface area contributed by atoms with E-state index in [9.17, 15) is 0 Å². The van der Waals surface area contributed by atoms with Gasteiger partial charge in [-0.05, 0) is 30.1 Å². The van der Waals surface area contributed by atoms with E-state index in [4.69, 9.17) is 4.74 Å². The number of rotatable bonds is 10. The van der Waals surface area contributed by atoms with Gasteiger partial charge >= 0.3 is 0 Å². The molecule has 0 spiro atoms. The average molecular weight is 532 g/mol. The second kappa shape index (κ2) is 15.0. The zero-order valence-corrected chi connectivity index (χ0v) is 21.8. The summed E-state index contributed by atoms with van der Waals surface area (Å²) in [5, 5.41) is 6.91. The van der Waals surface area contributed by atoms with Crippen molar-refractivity contribution < 1.29 is 4.74 Å². The number of aliphatic imine (C=N–C) groups is 1. The first-order valence-electron chi connectivity index (χ1n) is 11.1. The number of ether oxygens (including phenoxy) is 1. The van der Waals surface area contributed by atoms with Gasteiger partial charge in [0.15, 0.2) is 5.96 Å². The molecular formula is C23H42IN5O. The predicted molar refractivity (Wildman–Crippen MR) is 138 cm³/mol. The minimum absolute atomic E-state index is 0. The van der Waals surface area contributed by atoms with Gasteiger partial charge in [-0.2, -0.15) is 0 Å². The first kappa shape index (κ1) is 27.1. The molecule has 0 saturated carbocycles. The Balaban J connectivity index is 0.00000450. The van der Waals surface area contributed by atoms with Crippen molar-refractivity contribution in [1.82, 2.24) is 20.4 Å². The topological polar surface area (TPSA) is 52.1 Å². The maximum atomic E-state index is 5.94. The second-order valence-corrected chi connectivity index (χ2v) is 8.18. The summed E-state index contributed by atoms with van der Waals surface area (Å²) in [6.07, 6.45) is 0.205. The van der Waals surface area contributed by atoms with Crippen molar-refractivity contribution in [1.29, 1.82) is 0 Å². The molecule has 1 aliphatic rings. The van der Waals surface area contributed by atoms with E-state index in [1.807, 2.05) is 7.05 Å². The summed E-state index contributed by atoms with van der Waals surface area (Å²) in [5.41, 5.74) is 2.69. The van der Waals surface area contributed by atoms with Gasteiger partial charge in [-0.3, -0.25) is 14.8 Å². The van der Waals surface area contributed by atoms with Crippen molar-refractivity contribution >= 4 is 29.9 Å². The molecule has 1 aliphatic heterocycles. The van der Waals surface area contributed by atoms with Gasteiger partial charge in [0, 0.05) is 46.3 Å². The Labute approximate surface area is 200 Å². The molecule has 1 heterocycles. The minimum atomic E-state index is 0. The number of hydrogen-bond donors (Lipinski definition) is 2. The van der Waals surface area contributed by atoms with E-state index >= 15 is 0 Å². The van der Waals surface area contributed by atoms with Gasteiger partial charge in [-0.1, -0.05) is 52.0 Å². The number of nitrogens with one attached hydrogen (secondary N) is 2. The van der Waals surface area contributed by atoms with Crippen LogP contribution in [-0.4, -0.2) is 74.8 Å². The Morgan fingerprint density at radius 1 is 1.20 bits per heavy atom. The molecular weight excluding hydrogens is 489 g/mol. The van der Waals surface area contributed by atoms with Crippen molar-refractivity contribution in [3.8, 4) is 0 Å². The van der Waals surface area contributed by atoms with Gasteiger partial charge in [-0.15, -0.1) is 24.0 Å². The highest BCUT2D eigenvalue weighted by Gasteiger charge is 2.21. The van der Waals surface area contributed by atoms with Gasteiger partial charge in [0.05, 0.1) is 12.7 Å². The van der Waals surface area contributed by atoms with Crippen molar-refractivity contribution in [2.75, 3.05) is 52.9 Å². The van der Waals surface area contributed by atoms with Crippen molar-refractivity contribution in [2.24, 2.45) is 10.9 Å². The fraction of sp³-hybridized carbons (Fsp3) is 0.696. The molecule has 1 aromatic rings. The summed E-state index contributed by atoms with van der Waals surface area (Å²) in [4.78, 5) is 9.33. The summed E-state index contributed by atoms with van der Waals surface area (Å²) in [6.45, 7) is 17.6. The van der Waals surface area contributed by atoms with E-state index in [1.165, 1.54) is 11.1 Å². The molecule has 1 saturated heterocycles. The fourth-order valence-corrected chi connectivity index (χ4v) is 3.77. The summed E-state index contributed by atoms with van der Waals surface area (Å²) in [7, 11) is 1.82. The van der Waals surface area contributed by atoms with Crippen molar-refractivity contribution in [3.63, 3.8) is 0 Å². The van der Waals surface area contributed by atoms with Crippen LogP contribution in [0.3, 0.4) is 0 Å². The third-order valence-electron chi connectivity index (χ3n) is 5.42. The molecule has 1 atom stereocenters. The maximum absolute atomic E-state index is 5.94. The van der Waals surface area contributed by atoms with Crippen LogP contribution >= 0.6 is 24.0 Å². The minimum Gasteiger partial charge on any atom is -0.374 e. The average Bonchev–Trinajstić information content (AvgIpc) is 2.72. The van der Waals surface area contributed by atoms with Crippen LogP contribution in [0, 0.1) is 5.92 Å². The first-order valence-corrected chi connectivity index (χ1v) is 11.1. The first-order chi connectivity index (χ1) is 14.0. The van der Waals surface area contributed by atoms with Gasteiger partial charge in [0.2, 0.25) is 0 Å². The molecule has 0 aromatic heterocycles. The molecule has 30 heavy (non-hydrogen) atoms. The summed E-state index contributed by atoms with van der Waals surface area (Å²) in [5.74, 6) is 1.51. The summed E-state index contributed by atoms with van der Waals surface area (Å²) < 4.78 is 5.94. The zero-order valence-electron chi connectivity index (χ0n) is 19.5. The van der Waals surface area contributed by atoms with Crippen LogP contribution in [-0.2, 0) is 17.8 Å². The smallest absolute Gasteiger partial charge is 0.191 e. The van der Waals surface area contributed by atoms with Crippen LogP contribution < -0.4 is 10.6 Å². The van der Waals surface area contributed by atoms with E-state index in [2.05, 4.69) is 77.4 Å². The third kappa shape index (κ3) is 9.49. The summed E-state index contributed by atoms with van der Waals surface area (Å²) >= 11 is 0. The van der Waals surface area contributed by atoms with Crippen LogP contribution in [0.2, 0.25) is 0 Å². The molecule has 1 aromatic carbocycles. The molecule has 1 unspecified atom stereocenters. The van der Waals surface area contributed by atoms with Crippen molar-refractivity contribution in [2.45, 2.75) is 46.9 Å². The Morgan fingerprint density at radius 2 is 1.90 bits per heavy atom. The molecule has 0 aliphatic carbocycles. The van der Waals surface area contributed by atoms with Gasteiger partial charge in [-0.25, -0.2) is 0 Å². The zero-order chi connectivity index (χ0) is 21.1. The second-order valence-electron chi connectivity index (χ2n) is 8.18. The Bertz CT molecular complexity index is 621. The van der Waals surface area contributed by atoms with Crippen molar-refractivity contribution in [3.05, 3.63) is 35.4 Å². The number of nitrogens with zero attached hydrogens (tertiary/aromatic N) is 3. The summed E-state index contributed by atoms with van der Waals surface area (Å²) in [6, 6.07) is 8.66. The van der Waals surface area contributed by atoms with Gasteiger partial charge in [0.25, 0.3) is 0 Å². The number of hydrogen-bond acceptors (Lipinski definition) is 4. The normalized spacial score (nSPS) is 17.8. The molecule has 6 nitrogen and oxygen atoms in total. The van der Waals surface area contributed by atoms with Crippen LogP contribution in [0.25, 0.3) is 0 Å². The van der Waals surface area contributed by atoms with Gasteiger partial charge < -0.3 is 15.4 Å². The highest BCUT2D eigenvalue weighted by Crippen LogP contribution is 2.12. The Hall–Kier alpha value is -0.900. The van der Waals surface area contributed by atoms with E-state index in [0.29, 0.717) is 5.92 Å². The van der Waals surface area contributed by atoms with Crippen LogP contribution in [0.1, 0.15) is 38.8 Å². The maximum Gasteiger partial charge on any atom is 0.191 e. The highest BCUT2D eigenvalue weighted by atomic mass is 127. The van der Waals surface area contributed by atoms with Crippen LogP contribution in [0.4, 0.5) is 0 Å². The highest BCUT2D eigenvalue weighted by molar-refractivity contribution is 14.0.